The lowest BCUT2D eigenvalue weighted by Gasteiger charge is -2.34. The summed E-state index contributed by atoms with van der Waals surface area (Å²) in [5.74, 6) is 2.79. The number of nitrogens with zero attached hydrogens (tertiary/aromatic N) is 3. The molecule has 0 saturated heterocycles. The van der Waals surface area contributed by atoms with Gasteiger partial charge in [-0.2, -0.15) is 10.1 Å². The Morgan fingerprint density at radius 3 is 2.77 bits per heavy atom. The molecule has 2 atom stereocenters. The van der Waals surface area contributed by atoms with Crippen LogP contribution < -0.4 is 10.1 Å². The van der Waals surface area contributed by atoms with Gasteiger partial charge in [0, 0.05) is 17.7 Å². The molecule has 6 heteroatoms. The van der Waals surface area contributed by atoms with E-state index in [2.05, 4.69) is 29.2 Å². The van der Waals surface area contributed by atoms with Gasteiger partial charge in [-0.3, -0.25) is 4.79 Å². The number of Topliss-reactive ketones (excluding diaryl/α,β-unsaturated/α-hetero) is 1. The smallest absolute Gasteiger partial charge is 0.226 e. The number of hydrogen-bond donors (Lipinski definition) is 1. The summed E-state index contributed by atoms with van der Waals surface area (Å²) in [6, 6.07) is 7.75. The van der Waals surface area contributed by atoms with Gasteiger partial charge in [0.05, 0.1) is 6.61 Å². The Kier molecular flexibility index (Phi) is 4.26. The lowest BCUT2D eigenvalue weighted by Crippen LogP contribution is -2.33. The van der Waals surface area contributed by atoms with Crippen molar-refractivity contribution in [3.63, 3.8) is 0 Å². The van der Waals surface area contributed by atoms with Gasteiger partial charge in [-0.15, -0.1) is 0 Å². The Balaban J connectivity index is 1.77. The summed E-state index contributed by atoms with van der Waals surface area (Å²) in [4.78, 5) is 17.4. The van der Waals surface area contributed by atoms with E-state index in [1.807, 2.05) is 35.9 Å². The first kappa shape index (κ1) is 16.8. The predicted octanol–water partition coefficient (Wildman–Crippen LogP) is 3.64. The molecule has 0 amide bonds. The molecule has 1 aliphatic carbocycles. The van der Waals surface area contributed by atoms with Crippen LogP contribution in [0.2, 0.25) is 0 Å². The highest BCUT2D eigenvalue weighted by Crippen LogP contribution is 2.41. The Labute approximate surface area is 153 Å². The number of anilines is 1. The maximum atomic E-state index is 12.9. The molecule has 136 valence electrons. The minimum absolute atomic E-state index is 0.196. The third-order valence-electron chi connectivity index (χ3n) is 4.90. The molecule has 0 spiro atoms. The number of fused-ring (bicyclic) bond motifs is 1. The summed E-state index contributed by atoms with van der Waals surface area (Å²) in [5, 5.41) is 7.89. The lowest BCUT2D eigenvalue weighted by atomic mass is 9.81. The largest absolute Gasteiger partial charge is 0.494 e. The topological polar surface area (TPSA) is 69.0 Å². The molecule has 2 heterocycles. The van der Waals surface area contributed by atoms with Gasteiger partial charge >= 0.3 is 0 Å². The van der Waals surface area contributed by atoms with Crippen molar-refractivity contribution in [1.82, 2.24) is 14.8 Å². The number of aromatic nitrogens is 3. The number of nitrogens with one attached hydrogen (secondary N) is 1. The van der Waals surface area contributed by atoms with E-state index in [1.165, 1.54) is 0 Å². The van der Waals surface area contributed by atoms with Crippen molar-refractivity contribution in [2.75, 3.05) is 11.9 Å². The number of rotatable bonds is 4. The molecule has 0 radical (unpaired) electrons. The molecule has 1 aromatic carbocycles. The molecule has 4 rings (SSSR count). The first-order chi connectivity index (χ1) is 12.6. The zero-order valence-corrected chi connectivity index (χ0v) is 15.5. The molecule has 2 aromatic rings. The summed E-state index contributed by atoms with van der Waals surface area (Å²) < 4.78 is 7.52. The van der Waals surface area contributed by atoms with Crippen LogP contribution in [0.3, 0.4) is 0 Å². The standard InChI is InChI=1S/C20H24N4O2/c1-4-9-26-15-7-5-14(6-8-15)19-18-16(10-12(2)11-17(18)25)22-20-21-13(3)23-24(19)20/h5-8,12,19H,4,9-11H2,1-3H3,(H,21,22,23)/t12-,19+/m0/s1. The monoisotopic (exact) mass is 352 g/mol. The van der Waals surface area contributed by atoms with Crippen molar-refractivity contribution in [3.05, 3.63) is 46.9 Å². The minimum Gasteiger partial charge on any atom is -0.494 e. The van der Waals surface area contributed by atoms with E-state index >= 15 is 0 Å². The third-order valence-corrected chi connectivity index (χ3v) is 4.90. The Hall–Kier alpha value is -2.63. The van der Waals surface area contributed by atoms with Crippen LogP contribution in [0.25, 0.3) is 0 Å². The van der Waals surface area contributed by atoms with Gasteiger partial charge < -0.3 is 10.1 Å². The highest BCUT2D eigenvalue weighted by atomic mass is 16.5. The van der Waals surface area contributed by atoms with E-state index in [-0.39, 0.29) is 11.8 Å². The Morgan fingerprint density at radius 1 is 1.27 bits per heavy atom. The van der Waals surface area contributed by atoms with Crippen LogP contribution >= 0.6 is 0 Å². The molecule has 0 bridgehead atoms. The lowest BCUT2D eigenvalue weighted by molar-refractivity contribution is -0.117. The molecule has 26 heavy (non-hydrogen) atoms. The molecule has 0 saturated carbocycles. The van der Waals surface area contributed by atoms with Crippen LogP contribution in [0.4, 0.5) is 5.95 Å². The van der Waals surface area contributed by atoms with Gasteiger partial charge in [0.2, 0.25) is 5.95 Å². The van der Waals surface area contributed by atoms with Gasteiger partial charge in [0.25, 0.3) is 0 Å². The molecule has 1 N–H and O–H groups in total. The minimum atomic E-state index is -0.234. The number of carbonyl (C=O) groups excluding carboxylic acids is 1. The van der Waals surface area contributed by atoms with E-state index in [0.717, 1.165) is 35.4 Å². The molecule has 1 aliphatic heterocycles. The van der Waals surface area contributed by atoms with E-state index < -0.39 is 0 Å². The second-order valence-corrected chi connectivity index (χ2v) is 7.20. The summed E-state index contributed by atoms with van der Waals surface area (Å²) in [5.41, 5.74) is 2.84. The van der Waals surface area contributed by atoms with E-state index in [1.54, 1.807) is 0 Å². The normalized spacial score (nSPS) is 21.9. The Morgan fingerprint density at radius 2 is 2.04 bits per heavy atom. The van der Waals surface area contributed by atoms with Crippen LogP contribution in [0.15, 0.2) is 35.5 Å². The van der Waals surface area contributed by atoms with E-state index in [4.69, 9.17) is 4.74 Å². The van der Waals surface area contributed by atoms with Gasteiger partial charge in [0.1, 0.15) is 17.6 Å². The summed E-state index contributed by atoms with van der Waals surface area (Å²) in [6.45, 7) is 6.77. The quantitative estimate of drug-likeness (QED) is 0.910. The first-order valence-electron chi connectivity index (χ1n) is 9.26. The fourth-order valence-corrected chi connectivity index (χ4v) is 3.79. The highest BCUT2D eigenvalue weighted by Gasteiger charge is 2.38. The van der Waals surface area contributed by atoms with Gasteiger partial charge in [0.15, 0.2) is 5.78 Å². The molecule has 0 unspecified atom stereocenters. The van der Waals surface area contributed by atoms with Crippen molar-refractivity contribution >= 4 is 11.7 Å². The number of hydrogen-bond acceptors (Lipinski definition) is 5. The van der Waals surface area contributed by atoms with Crippen molar-refractivity contribution in [3.8, 4) is 5.75 Å². The molecule has 6 nitrogen and oxygen atoms in total. The second kappa shape index (κ2) is 6.59. The van der Waals surface area contributed by atoms with Gasteiger partial charge in [-0.1, -0.05) is 26.0 Å². The van der Waals surface area contributed by atoms with E-state index in [0.29, 0.717) is 30.7 Å². The van der Waals surface area contributed by atoms with Crippen molar-refractivity contribution in [1.29, 1.82) is 0 Å². The number of carbonyl (C=O) groups is 1. The molecule has 2 aliphatic rings. The first-order valence-corrected chi connectivity index (χ1v) is 9.26. The van der Waals surface area contributed by atoms with Gasteiger partial charge in [-0.05, 0) is 43.4 Å². The maximum Gasteiger partial charge on any atom is 0.226 e. The molecular formula is C20H24N4O2. The predicted molar refractivity (Wildman–Crippen MR) is 99.2 cm³/mol. The van der Waals surface area contributed by atoms with Crippen molar-refractivity contribution in [2.45, 2.75) is 46.1 Å². The molecule has 0 fully saturated rings. The molecule has 1 aromatic heterocycles. The number of ether oxygens (including phenoxy) is 1. The summed E-state index contributed by atoms with van der Waals surface area (Å²) >= 11 is 0. The van der Waals surface area contributed by atoms with Gasteiger partial charge in [-0.25, -0.2) is 4.68 Å². The van der Waals surface area contributed by atoms with Crippen LogP contribution in [0, 0.1) is 12.8 Å². The fourth-order valence-electron chi connectivity index (χ4n) is 3.79. The zero-order chi connectivity index (χ0) is 18.3. The number of allylic oxidation sites excluding steroid dienone is 2. The van der Waals surface area contributed by atoms with Crippen LogP contribution in [0.5, 0.6) is 5.75 Å². The van der Waals surface area contributed by atoms with Crippen LogP contribution in [-0.4, -0.2) is 27.2 Å². The van der Waals surface area contributed by atoms with E-state index in [9.17, 15) is 4.79 Å². The number of ketones is 1. The molecular weight excluding hydrogens is 328 g/mol. The Bertz CT molecular complexity index is 866. The highest BCUT2D eigenvalue weighted by molar-refractivity contribution is 5.99. The van der Waals surface area contributed by atoms with Crippen LogP contribution in [0.1, 0.15) is 50.5 Å². The van der Waals surface area contributed by atoms with Crippen molar-refractivity contribution < 1.29 is 9.53 Å². The fraction of sp³-hybridized carbons (Fsp3) is 0.450. The number of aryl methyl sites for hydroxylation is 1. The number of benzene rings is 1. The van der Waals surface area contributed by atoms with Crippen LogP contribution in [-0.2, 0) is 4.79 Å². The summed E-state index contributed by atoms with van der Waals surface area (Å²) in [6.07, 6.45) is 2.42. The average Bonchev–Trinajstić information content (AvgIpc) is 2.98. The average molecular weight is 352 g/mol. The van der Waals surface area contributed by atoms with Crippen molar-refractivity contribution in [2.24, 2.45) is 5.92 Å². The third kappa shape index (κ3) is 2.89. The SMILES string of the molecule is CCCOc1ccc([C@@H]2C3=C(C[C@H](C)CC3=O)Nc3nc(C)nn32)cc1. The zero-order valence-electron chi connectivity index (χ0n) is 15.5. The second-order valence-electron chi connectivity index (χ2n) is 7.20. The maximum absolute atomic E-state index is 12.9. The summed E-state index contributed by atoms with van der Waals surface area (Å²) in [7, 11) is 0.